The molecular weight excluding hydrogens is 405 g/mol. The van der Waals surface area contributed by atoms with Gasteiger partial charge in [0.1, 0.15) is 11.9 Å². The maximum atomic E-state index is 13.5. The predicted molar refractivity (Wildman–Crippen MR) is 113 cm³/mol. The molecule has 0 spiro atoms. The van der Waals surface area contributed by atoms with Crippen LogP contribution >= 0.6 is 11.6 Å². The highest BCUT2D eigenvalue weighted by atomic mass is 35.5. The number of likely N-dealkylation sites (tertiary alicyclic amines) is 1. The van der Waals surface area contributed by atoms with Crippen LogP contribution in [0.25, 0.3) is 11.3 Å². The first-order valence-corrected chi connectivity index (χ1v) is 11.3. The largest absolute Gasteiger partial charge is 0.473 e. The first kappa shape index (κ1) is 20.2. The monoisotopic (exact) mass is 431 g/mol. The molecule has 1 aliphatic carbocycles. The van der Waals surface area contributed by atoms with E-state index in [9.17, 15) is 4.39 Å². The van der Waals surface area contributed by atoms with Gasteiger partial charge in [0.15, 0.2) is 0 Å². The van der Waals surface area contributed by atoms with Gasteiger partial charge >= 0.3 is 0 Å². The standard InChI is InChI=1S/C23H27ClFN3O2/c24-21-2-1-18(25)11-20(21)22-3-4-23(27-26-22)30-19-9-16-13-28(14-17(16)10-19)12-15-5-7-29-8-6-15/h1-4,11,15-17,19H,5-10,12-14H2/t16-,17+,19?. The molecule has 0 amide bonds. The molecule has 0 N–H and O–H groups in total. The molecule has 0 bridgehead atoms. The van der Waals surface area contributed by atoms with Crippen molar-refractivity contribution in [1.82, 2.24) is 15.1 Å². The number of aromatic nitrogens is 2. The average Bonchev–Trinajstić information content (AvgIpc) is 3.29. The van der Waals surface area contributed by atoms with Gasteiger partial charge in [-0.25, -0.2) is 4.39 Å². The van der Waals surface area contributed by atoms with Crippen molar-refractivity contribution in [3.05, 3.63) is 41.2 Å². The van der Waals surface area contributed by atoms with E-state index in [4.69, 9.17) is 21.1 Å². The quantitative estimate of drug-likeness (QED) is 0.699. The Morgan fingerprint density at radius 1 is 1.07 bits per heavy atom. The molecular formula is C23H27ClFN3O2. The van der Waals surface area contributed by atoms with Crippen LogP contribution in [0.1, 0.15) is 25.7 Å². The van der Waals surface area contributed by atoms with Crippen molar-refractivity contribution in [2.75, 3.05) is 32.8 Å². The summed E-state index contributed by atoms with van der Waals surface area (Å²) in [4.78, 5) is 2.65. The summed E-state index contributed by atoms with van der Waals surface area (Å²) < 4.78 is 25.1. The normalized spacial score (nSPS) is 27.3. The van der Waals surface area contributed by atoms with E-state index in [0.29, 0.717) is 34.0 Å². The molecule has 0 radical (unpaired) electrons. The summed E-state index contributed by atoms with van der Waals surface area (Å²) in [5.41, 5.74) is 1.08. The Bertz CT molecular complexity index is 861. The lowest BCUT2D eigenvalue weighted by atomic mass is 10.00. The molecule has 1 aromatic heterocycles. The van der Waals surface area contributed by atoms with Gasteiger partial charge < -0.3 is 14.4 Å². The lowest BCUT2D eigenvalue weighted by Gasteiger charge is -2.27. The van der Waals surface area contributed by atoms with Crippen LogP contribution in [0.15, 0.2) is 30.3 Å². The molecule has 3 heterocycles. The van der Waals surface area contributed by atoms with Crippen molar-refractivity contribution in [2.24, 2.45) is 17.8 Å². The van der Waals surface area contributed by atoms with E-state index >= 15 is 0 Å². The zero-order valence-corrected chi connectivity index (χ0v) is 17.7. The van der Waals surface area contributed by atoms with Gasteiger partial charge in [0.2, 0.25) is 5.88 Å². The Morgan fingerprint density at radius 3 is 2.53 bits per heavy atom. The summed E-state index contributed by atoms with van der Waals surface area (Å²) in [5, 5.41) is 8.85. The fraction of sp³-hybridized carbons (Fsp3) is 0.565. The molecule has 30 heavy (non-hydrogen) atoms. The highest BCUT2D eigenvalue weighted by molar-refractivity contribution is 6.33. The fourth-order valence-electron chi connectivity index (χ4n) is 5.27. The fourth-order valence-corrected chi connectivity index (χ4v) is 5.49. The van der Waals surface area contributed by atoms with Crippen molar-refractivity contribution in [2.45, 2.75) is 31.8 Å². The molecule has 1 saturated carbocycles. The van der Waals surface area contributed by atoms with Crippen molar-refractivity contribution >= 4 is 11.6 Å². The number of hydrogen-bond acceptors (Lipinski definition) is 5. The molecule has 2 saturated heterocycles. The van der Waals surface area contributed by atoms with Crippen LogP contribution < -0.4 is 4.74 Å². The van der Waals surface area contributed by atoms with Gasteiger partial charge in [-0.2, -0.15) is 0 Å². The second-order valence-corrected chi connectivity index (χ2v) is 9.29. The van der Waals surface area contributed by atoms with Crippen LogP contribution in [0.4, 0.5) is 4.39 Å². The minimum Gasteiger partial charge on any atom is -0.473 e. The van der Waals surface area contributed by atoms with E-state index in [1.54, 1.807) is 12.1 Å². The second kappa shape index (κ2) is 8.77. The van der Waals surface area contributed by atoms with E-state index in [2.05, 4.69) is 15.1 Å². The zero-order chi connectivity index (χ0) is 20.5. The van der Waals surface area contributed by atoms with E-state index in [1.165, 1.54) is 50.7 Å². The molecule has 5 rings (SSSR count). The van der Waals surface area contributed by atoms with Crippen LogP contribution in [0.5, 0.6) is 5.88 Å². The predicted octanol–water partition coefficient (Wildman–Crippen LogP) is 4.45. The first-order chi connectivity index (χ1) is 14.6. The smallest absolute Gasteiger partial charge is 0.233 e. The third-order valence-electron chi connectivity index (χ3n) is 6.77. The van der Waals surface area contributed by atoms with E-state index in [-0.39, 0.29) is 11.9 Å². The Labute approximate surface area is 181 Å². The molecule has 7 heteroatoms. The molecule has 2 aliphatic heterocycles. The van der Waals surface area contributed by atoms with Crippen molar-refractivity contribution in [1.29, 1.82) is 0 Å². The molecule has 160 valence electrons. The number of fused-ring (bicyclic) bond motifs is 1. The summed E-state index contributed by atoms with van der Waals surface area (Å²) in [6.07, 6.45) is 4.76. The highest BCUT2D eigenvalue weighted by Crippen LogP contribution is 2.40. The summed E-state index contributed by atoms with van der Waals surface area (Å²) in [6, 6.07) is 7.82. The van der Waals surface area contributed by atoms with Crippen molar-refractivity contribution < 1.29 is 13.9 Å². The van der Waals surface area contributed by atoms with Gasteiger partial charge in [-0.15, -0.1) is 10.2 Å². The van der Waals surface area contributed by atoms with Crippen LogP contribution in [0.2, 0.25) is 5.02 Å². The van der Waals surface area contributed by atoms with Crippen LogP contribution in [-0.4, -0.2) is 54.0 Å². The summed E-state index contributed by atoms with van der Waals surface area (Å²) in [6.45, 7) is 5.44. The molecule has 3 atom stereocenters. The zero-order valence-electron chi connectivity index (χ0n) is 17.0. The molecule has 1 aromatic carbocycles. The van der Waals surface area contributed by atoms with E-state index in [1.807, 2.05) is 0 Å². The first-order valence-electron chi connectivity index (χ1n) is 10.9. The van der Waals surface area contributed by atoms with Crippen LogP contribution in [0, 0.1) is 23.6 Å². The van der Waals surface area contributed by atoms with Gasteiger partial charge in [0, 0.05) is 44.5 Å². The number of rotatable bonds is 5. The molecule has 3 fully saturated rings. The van der Waals surface area contributed by atoms with Crippen molar-refractivity contribution in [3.8, 4) is 17.1 Å². The Morgan fingerprint density at radius 2 is 1.83 bits per heavy atom. The molecule has 3 aliphatic rings. The summed E-state index contributed by atoms with van der Waals surface area (Å²) in [5.74, 6) is 2.40. The third kappa shape index (κ3) is 4.46. The van der Waals surface area contributed by atoms with Gasteiger partial charge in [-0.3, -0.25) is 0 Å². The average molecular weight is 432 g/mol. The topological polar surface area (TPSA) is 47.5 Å². The minimum atomic E-state index is -0.347. The van der Waals surface area contributed by atoms with Crippen LogP contribution in [-0.2, 0) is 4.74 Å². The Balaban J connectivity index is 1.14. The number of hydrogen-bond donors (Lipinski definition) is 0. The molecule has 1 unspecified atom stereocenters. The summed E-state index contributed by atoms with van der Waals surface area (Å²) in [7, 11) is 0. The maximum Gasteiger partial charge on any atom is 0.233 e. The molecule has 2 aromatic rings. The third-order valence-corrected chi connectivity index (χ3v) is 7.10. The SMILES string of the molecule is Fc1ccc(Cl)c(-c2ccc(OC3C[C@@H]4CN(CC5CCOCC5)C[C@@H]4C3)nn2)c1. The highest BCUT2D eigenvalue weighted by Gasteiger charge is 2.42. The number of benzene rings is 1. The lowest BCUT2D eigenvalue weighted by Crippen LogP contribution is -2.32. The number of halogens is 2. The van der Waals surface area contributed by atoms with Gasteiger partial charge in [-0.05, 0) is 67.7 Å². The summed E-state index contributed by atoms with van der Waals surface area (Å²) >= 11 is 6.16. The van der Waals surface area contributed by atoms with Gasteiger partial charge in [-0.1, -0.05) is 11.6 Å². The lowest BCUT2D eigenvalue weighted by molar-refractivity contribution is 0.0539. The van der Waals surface area contributed by atoms with E-state index in [0.717, 1.165) is 32.0 Å². The Kier molecular flexibility index (Phi) is 5.89. The second-order valence-electron chi connectivity index (χ2n) is 8.89. The minimum absolute atomic E-state index is 0.197. The number of nitrogens with zero attached hydrogens (tertiary/aromatic N) is 3. The van der Waals surface area contributed by atoms with Gasteiger partial charge in [0.05, 0.1) is 10.7 Å². The van der Waals surface area contributed by atoms with Gasteiger partial charge in [0.25, 0.3) is 0 Å². The van der Waals surface area contributed by atoms with E-state index < -0.39 is 0 Å². The maximum absolute atomic E-state index is 13.5. The number of ether oxygens (including phenoxy) is 2. The molecule has 5 nitrogen and oxygen atoms in total. The van der Waals surface area contributed by atoms with Crippen molar-refractivity contribution in [3.63, 3.8) is 0 Å². The van der Waals surface area contributed by atoms with Crippen LogP contribution in [0.3, 0.4) is 0 Å². The Hall–Kier alpha value is -1.76.